The second-order valence-electron chi connectivity index (χ2n) is 12.7. The Morgan fingerprint density at radius 1 is 0.846 bits per heavy atom. The van der Waals surface area contributed by atoms with Gasteiger partial charge in [-0.25, -0.2) is 8.42 Å². The largest absolute Gasteiger partial charge is 0.383 e. The lowest BCUT2D eigenvalue weighted by Gasteiger charge is -2.35. The zero-order chi connectivity index (χ0) is 27.5. The van der Waals surface area contributed by atoms with Crippen LogP contribution in [0.1, 0.15) is 96.3 Å². The maximum absolute atomic E-state index is 11.5. The number of nitrogens with one attached hydrogen (secondary N) is 1. The molecule has 4 rings (SSSR count). The van der Waals surface area contributed by atoms with Crippen LogP contribution in [0.4, 0.5) is 17.6 Å². The van der Waals surface area contributed by atoms with Crippen molar-refractivity contribution in [2.45, 2.75) is 96.3 Å². The molecule has 1 aliphatic heterocycles. The van der Waals surface area contributed by atoms with Crippen LogP contribution < -0.4 is 16.0 Å². The van der Waals surface area contributed by atoms with E-state index in [0.717, 1.165) is 50.4 Å². The van der Waals surface area contributed by atoms with Gasteiger partial charge in [-0.15, -0.1) is 0 Å². The first-order valence-electron chi connectivity index (χ1n) is 15.9. The summed E-state index contributed by atoms with van der Waals surface area (Å²) in [5.74, 6) is 4.83. The number of nitrogens with zero attached hydrogens (tertiary/aromatic N) is 4. The normalized spacial score (nSPS) is 23.7. The third-order valence-electron chi connectivity index (χ3n) is 9.42. The molecule has 3 fully saturated rings. The maximum atomic E-state index is 11.5. The van der Waals surface area contributed by atoms with Crippen LogP contribution in [0, 0.1) is 17.8 Å². The van der Waals surface area contributed by atoms with Crippen molar-refractivity contribution >= 4 is 27.4 Å². The van der Waals surface area contributed by atoms with Crippen molar-refractivity contribution in [2.24, 2.45) is 17.8 Å². The Labute approximate surface area is 237 Å². The quantitative estimate of drug-likeness (QED) is 0.292. The number of anilines is 3. The van der Waals surface area contributed by atoms with Crippen LogP contribution >= 0.6 is 0 Å². The van der Waals surface area contributed by atoms with E-state index >= 15 is 0 Å². The zero-order valence-corrected chi connectivity index (χ0v) is 25.3. The molecule has 0 aromatic carbocycles. The standard InChI is InChI=1S/C30H54N6O2S/c1-39(37,38)22-21-35-17-19-36(20-18-35)29-23-28(31)33-30(34-29)32-24-27-15-13-26(14-16-27)12-6-3-2-5-9-25-10-7-4-8-11-25/h23,25-27H,2-22,24H2,1H3,(H3,31,32,33,34). The Morgan fingerprint density at radius 2 is 1.46 bits per heavy atom. The van der Waals surface area contributed by atoms with Crippen LogP contribution in [0.15, 0.2) is 6.07 Å². The maximum Gasteiger partial charge on any atom is 0.226 e. The first-order valence-corrected chi connectivity index (χ1v) is 17.9. The van der Waals surface area contributed by atoms with Crippen molar-refractivity contribution in [1.29, 1.82) is 0 Å². The molecule has 0 spiro atoms. The van der Waals surface area contributed by atoms with Gasteiger partial charge in [0.2, 0.25) is 5.95 Å². The van der Waals surface area contributed by atoms with E-state index in [0.29, 0.717) is 24.2 Å². The Kier molecular flexibility index (Phi) is 12.0. The van der Waals surface area contributed by atoms with E-state index < -0.39 is 9.84 Å². The Morgan fingerprint density at radius 3 is 2.10 bits per heavy atom. The van der Waals surface area contributed by atoms with Crippen LogP contribution in [-0.4, -0.2) is 74.6 Å². The first kappa shape index (κ1) is 30.4. The molecule has 1 aromatic rings. The van der Waals surface area contributed by atoms with Gasteiger partial charge in [0, 0.05) is 51.6 Å². The smallest absolute Gasteiger partial charge is 0.226 e. The molecular weight excluding hydrogens is 508 g/mol. The van der Waals surface area contributed by atoms with Crippen molar-refractivity contribution in [3.05, 3.63) is 6.07 Å². The molecule has 9 heteroatoms. The van der Waals surface area contributed by atoms with Gasteiger partial charge in [-0.05, 0) is 30.6 Å². The van der Waals surface area contributed by atoms with Crippen molar-refractivity contribution in [1.82, 2.24) is 14.9 Å². The summed E-state index contributed by atoms with van der Waals surface area (Å²) in [5.41, 5.74) is 6.14. The summed E-state index contributed by atoms with van der Waals surface area (Å²) in [6.07, 6.45) is 22.7. The number of hydrogen-bond donors (Lipinski definition) is 2. The first-order chi connectivity index (χ1) is 18.8. The molecule has 39 heavy (non-hydrogen) atoms. The number of unbranched alkanes of at least 4 members (excludes halogenated alkanes) is 3. The number of nitrogens with two attached hydrogens (primary N) is 1. The molecule has 3 N–H and O–H groups in total. The van der Waals surface area contributed by atoms with E-state index in [4.69, 9.17) is 10.7 Å². The van der Waals surface area contributed by atoms with Crippen molar-refractivity contribution in [3.63, 3.8) is 0 Å². The fraction of sp³-hybridized carbons (Fsp3) is 0.867. The predicted molar refractivity (Wildman–Crippen MR) is 163 cm³/mol. The van der Waals surface area contributed by atoms with Gasteiger partial charge in [0.15, 0.2) is 0 Å². The monoisotopic (exact) mass is 562 g/mol. The number of aromatic nitrogens is 2. The van der Waals surface area contributed by atoms with Gasteiger partial charge in [-0.1, -0.05) is 83.5 Å². The molecule has 1 aromatic heterocycles. The summed E-state index contributed by atoms with van der Waals surface area (Å²) in [5, 5.41) is 3.48. The van der Waals surface area contributed by atoms with Crippen LogP contribution in [0.25, 0.3) is 0 Å². The predicted octanol–water partition coefficient (Wildman–Crippen LogP) is 5.36. The minimum absolute atomic E-state index is 0.212. The zero-order valence-electron chi connectivity index (χ0n) is 24.5. The topological polar surface area (TPSA) is 104 Å². The second kappa shape index (κ2) is 15.4. The van der Waals surface area contributed by atoms with E-state index in [2.05, 4.69) is 20.1 Å². The summed E-state index contributed by atoms with van der Waals surface area (Å²) in [6.45, 7) is 4.77. The second-order valence-corrected chi connectivity index (χ2v) is 15.0. The molecule has 0 amide bonds. The van der Waals surface area contributed by atoms with Gasteiger partial charge in [0.25, 0.3) is 0 Å². The van der Waals surface area contributed by atoms with E-state index in [1.165, 1.54) is 103 Å². The van der Waals surface area contributed by atoms with Crippen LogP contribution in [-0.2, 0) is 9.84 Å². The highest BCUT2D eigenvalue weighted by atomic mass is 32.2. The summed E-state index contributed by atoms with van der Waals surface area (Å²) >= 11 is 0. The molecule has 2 aliphatic carbocycles. The molecule has 8 nitrogen and oxygen atoms in total. The van der Waals surface area contributed by atoms with Crippen LogP contribution in [0.3, 0.4) is 0 Å². The number of piperazine rings is 1. The minimum Gasteiger partial charge on any atom is -0.383 e. The molecular formula is C30H54N6O2S. The van der Waals surface area contributed by atoms with Crippen LogP contribution in [0.5, 0.6) is 0 Å². The van der Waals surface area contributed by atoms with Crippen LogP contribution in [0.2, 0.25) is 0 Å². The highest BCUT2D eigenvalue weighted by Gasteiger charge is 2.23. The molecule has 0 radical (unpaired) electrons. The fourth-order valence-corrected chi connectivity index (χ4v) is 7.43. The average Bonchev–Trinajstić information content (AvgIpc) is 2.93. The molecule has 0 unspecified atom stereocenters. The summed E-state index contributed by atoms with van der Waals surface area (Å²) in [6, 6.07) is 1.85. The molecule has 3 aliphatic rings. The summed E-state index contributed by atoms with van der Waals surface area (Å²) in [4.78, 5) is 13.6. The van der Waals surface area contributed by atoms with E-state index in [1.54, 1.807) is 0 Å². The summed E-state index contributed by atoms with van der Waals surface area (Å²) in [7, 11) is -2.93. The number of sulfone groups is 1. The van der Waals surface area contributed by atoms with Gasteiger partial charge in [-0.3, -0.25) is 4.90 Å². The van der Waals surface area contributed by atoms with Gasteiger partial charge in [0.05, 0.1) is 5.75 Å². The lowest BCUT2D eigenvalue weighted by atomic mass is 9.79. The molecule has 222 valence electrons. The van der Waals surface area contributed by atoms with Gasteiger partial charge < -0.3 is 16.0 Å². The van der Waals surface area contributed by atoms with Gasteiger partial charge in [-0.2, -0.15) is 9.97 Å². The SMILES string of the molecule is CS(=O)(=O)CCN1CCN(c2cc(N)nc(NCC3CCC(CCCCCCC4CCCCC4)CC3)n2)CC1. The van der Waals surface area contributed by atoms with Crippen molar-refractivity contribution in [3.8, 4) is 0 Å². The molecule has 2 heterocycles. The molecule has 2 saturated carbocycles. The lowest BCUT2D eigenvalue weighted by Crippen LogP contribution is -2.48. The molecule has 0 bridgehead atoms. The number of rotatable bonds is 14. The fourth-order valence-electron chi connectivity index (χ4n) is 6.84. The van der Waals surface area contributed by atoms with Crippen molar-refractivity contribution in [2.75, 3.05) is 67.2 Å². The molecule has 1 saturated heterocycles. The highest BCUT2D eigenvalue weighted by molar-refractivity contribution is 7.90. The summed E-state index contributed by atoms with van der Waals surface area (Å²) < 4.78 is 22.9. The minimum atomic E-state index is -2.93. The van der Waals surface area contributed by atoms with E-state index in [1.807, 2.05) is 6.07 Å². The van der Waals surface area contributed by atoms with Crippen molar-refractivity contribution < 1.29 is 8.42 Å². The highest BCUT2D eigenvalue weighted by Crippen LogP contribution is 2.33. The van der Waals surface area contributed by atoms with E-state index in [-0.39, 0.29) is 5.75 Å². The van der Waals surface area contributed by atoms with Gasteiger partial charge in [0.1, 0.15) is 21.5 Å². The van der Waals surface area contributed by atoms with Gasteiger partial charge >= 0.3 is 0 Å². The lowest BCUT2D eigenvalue weighted by molar-refractivity contribution is 0.265. The third-order valence-corrected chi connectivity index (χ3v) is 10.3. The number of nitrogen functional groups attached to an aromatic ring is 1. The Hall–Kier alpha value is -1.61. The number of hydrogen-bond acceptors (Lipinski definition) is 8. The Balaban J connectivity index is 1.09. The van der Waals surface area contributed by atoms with E-state index in [9.17, 15) is 8.42 Å². The average molecular weight is 563 g/mol. The third kappa shape index (κ3) is 11.1. The Bertz CT molecular complexity index is 952. The molecule has 0 atom stereocenters.